The van der Waals surface area contributed by atoms with Crippen LogP contribution in [0.2, 0.25) is 0 Å². The van der Waals surface area contributed by atoms with Gasteiger partial charge in [-0.25, -0.2) is 0 Å². The van der Waals surface area contributed by atoms with Crippen molar-refractivity contribution in [1.82, 2.24) is 0 Å². The molecule has 0 atom stereocenters. The van der Waals surface area contributed by atoms with Crippen molar-refractivity contribution in [2.45, 2.75) is 25.7 Å². The molecule has 90 valence electrons. The van der Waals surface area contributed by atoms with Crippen LogP contribution in [0.15, 0.2) is 30.9 Å². The van der Waals surface area contributed by atoms with Crippen molar-refractivity contribution in [2.75, 3.05) is 11.9 Å². The molecule has 1 heterocycles. The van der Waals surface area contributed by atoms with Crippen molar-refractivity contribution < 1.29 is 9.53 Å². The van der Waals surface area contributed by atoms with Crippen LogP contribution in [0.1, 0.15) is 24.8 Å². The number of hydrogen-bond acceptors (Lipinski definition) is 2. The van der Waals surface area contributed by atoms with E-state index in [1.54, 1.807) is 0 Å². The molecule has 0 radical (unpaired) electrons. The first-order chi connectivity index (χ1) is 8.29. The van der Waals surface area contributed by atoms with E-state index in [9.17, 15) is 4.79 Å². The molecular weight excluding hydrogens is 214 g/mol. The fraction of sp³-hybridized carbons (Fsp3) is 0.357. The van der Waals surface area contributed by atoms with Crippen molar-refractivity contribution >= 4 is 11.6 Å². The molecule has 1 N–H and O–H groups in total. The summed E-state index contributed by atoms with van der Waals surface area (Å²) < 4.78 is 5.61. The predicted octanol–water partition coefficient (Wildman–Crippen LogP) is 2.92. The van der Waals surface area contributed by atoms with Crippen molar-refractivity contribution in [1.29, 1.82) is 0 Å². The minimum Gasteiger partial charge on any atom is -0.494 e. The van der Waals surface area contributed by atoms with Crippen LogP contribution in [0.4, 0.5) is 5.69 Å². The van der Waals surface area contributed by atoms with Crippen LogP contribution >= 0.6 is 0 Å². The molecule has 17 heavy (non-hydrogen) atoms. The first kappa shape index (κ1) is 11.7. The van der Waals surface area contributed by atoms with Crippen molar-refractivity contribution in [3.63, 3.8) is 0 Å². The van der Waals surface area contributed by atoms with Crippen LogP contribution in [0.3, 0.4) is 0 Å². The first-order valence-corrected chi connectivity index (χ1v) is 5.96. The average molecular weight is 231 g/mol. The number of nitrogens with one attached hydrogen (secondary N) is 1. The molecule has 1 aromatic carbocycles. The molecule has 3 heteroatoms. The van der Waals surface area contributed by atoms with E-state index < -0.39 is 0 Å². The Morgan fingerprint density at radius 2 is 2.29 bits per heavy atom. The smallest absolute Gasteiger partial charge is 0.224 e. The SMILES string of the molecule is C=CCCCOc1ccc2c(c1)NC(=O)CC2. The average Bonchev–Trinajstić information content (AvgIpc) is 2.34. The predicted molar refractivity (Wildman–Crippen MR) is 68.3 cm³/mol. The van der Waals surface area contributed by atoms with E-state index in [4.69, 9.17) is 4.74 Å². The third-order valence-corrected chi connectivity index (χ3v) is 2.80. The summed E-state index contributed by atoms with van der Waals surface area (Å²) >= 11 is 0. The second kappa shape index (κ2) is 5.53. The number of aryl methyl sites for hydroxylation is 1. The molecule has 1 aliphatic heterocycles. The molecule has 0 saturated heterocycles. The monoisotopic (exact) mass is 231 g/mol. The Bertz CT molecular complexity index is 426. The summed E-state index contributed by atoms with van der Waals surface area (Å²) in [6.45, 7) is 4.35. The zero-order valence-corrected chi connectivity index (χ0v) is 9.87. The Hall–Kier alpha value is -1.77. The Kier molecular flexibility index (Phi) is 3.81. The Labute approximate surface area is 101 Å². The third-order valence-electron chi connectivity index (χ3n) is 2.80. The minimum absolute atomic E-state index is 0.0845. The highest BCUT2D eigenvalue weighted by Gasteiger charge is 2.14. The van der Waals surface area contributed by atoms with E-state index in [1.807, 2.05) is 24.3 Å². The van der Waals surface area contributed by atoms with Crippen molar-refractivity contribution in [2.24, 2.45) is 0 Å². The van der Waals surface area contributed by atoms with Crippen LogP contribution in [-0.4, -0.2) is 12.5 Å². The van der Waals surface area contributed by atoms with Gasteiger partial charge in [0.05, 0.1) is 6.61 Å². The van der Waals surface area contributed by atoms with E-state index in [1.165, 1.54) is 5.56 Å². The molecule has 0 bridgehead atoms. The molecule has 1 aromatic rings. The summed E-state index contributed by atoms with van der Waals surface area (Å²) in [6.07, 6.45) is 5.20. The highest BCUT2D eigenvalue weighted by Crippen LogP contribution is 2.27. The molecular formula is C14H17NO2. The molecule has 3 nitrogen and oxygen atoms in total. The highest BCUT2D eigenvalue weighted by atomic mass is 16.5. The van der Waals surface area contributed by atoms with Gasteiger partial charge < -0.3 is 10.1 Å². The number of ether oxygens (including phenoxy) is 1. The molecule has 0 aromatic heterocycles. The van der Waals surface area contributed by atoms with Crippen LogP contribution in [0.25, 0.3) is 0 Å². The summed E-state index contributed by atoms with van der Waals surface area (Å²) in [4.78, 5) is 11.3. The number of benzene rings is 1. The maximum Gasteiger partial charge on any atom is 0.224 e. The van der Waals surface area contributed by atoms with Gasteiger partial charge in [-0.1, -0.05) is 12.1 Å². The topological polar surface area (TPSA) is 38.3 Å². The maximum atomic E-state index is 11.3. The number of fused-ring (bicyclic) bond motifs is 1. The largest absolute Gasteiger partial charge is 0.494 e. The number of rotatable bonds is 5. The lowest BCUT2D eigenvalue weighted by Gasteiger charge is -2.17. The Balaban J connectivity index is 1.98. The van der Waals surface area contributed by atoms with Gasteiger partial charge in [0.2, 0.25) is 5.91 Å². The standard InChI is InChI=1S/C14H17NO2/c1-2-3-4-9-17-12-7-5-11-6-8-14(16)15-13(11)10-12/h2,5,7,10H,1,3-4,6,8-9H2,(H,15,16). The molecule has 0 unspecified atom stereocenters. The lowest BCUT2D eigenvalue weighted by molar-refractivity contribution is -0.116. The van der Waals surface area contributed by atoms with E-state index in [-0.39, 0.29) is 5.91 Å². The summed E-state index contributed by atoms with van der Waals surface area (Å²) in [5.74, 6) is 0.899. The normalized spacial score (nSPS) is 13.8. The van der Waals surface area contributed by atoms with E-state index >= 15 is 0 Å². The quantitative estimate of drug-likeness (QED) is 0.625. The van der Waals surface area contributed by atoms with E-state index in [2.05, 4.69) is 11.9 Å². The number of amides is 1. The van der Waals surface area contributed by atoms with Gasteiger partial charge in [-0.05, 0) is 30.9 Å². The van der Waals surface area contributed by atoms with Gasteiger partial charge in [-0.15, -0.1) is 6.58 Å². The number of carbonyl (C=O) groups is 1. The van der Waals surface area contributed by atoms with Gasteiger partial charge >= 0.3 is 0 Å². The summed E-state index contributed by atoms with van der Waals surface area (Å²) in [7, 11) is 0. The van der Waals surface area contributed by atoms with Gasteiger partial charge in [-0.3, -0.25) is 4.79 Å². The van der Waals surface area contributed by atoms with E-state index in [0.717, 1.165) is 30.7 Å². The molecule has 0 spiro atoms. The number of allylic oxidation sites excluding steroid dienone is 1. The molecule has 1 amide bonds. The maximum absolute atomic E-state index is 11.3. The molecule has 0 aliphatic carbocycles. The van der Waals surface area contributed by atoms with Crippen molar-refractivity contribution in [3.05, 3.63) is 36.4 Å². The number of hydrogen-bond donors (Lipinski definition) is 1. The van der Waals surface area contributed by atoms with E-state index in [0.29, 0.717) is 13.0 Å². The summed E-state index contributed by atoms with van der Waals surface area (Å²) in [6, 6.07) is 5.89. The first-order valence-electron chi connectivity index (χ1n) is 5.96. The third kappa shape index (κ3) is 3.09. The highest BCUT2D eigenvalue weighted by molar-refractivity contribution is 5.94. The van der Waals surface area contributed by atoms with Gasteiger partial charge in [0.25, 0.3) is 0 Å². The Morgan fingerprint density at radius 1 is 1.41 bits per heavy atom. The van der Waals surface area contributed by atoms with Crippen LogP contribution in [0.5, 0.6) is 5.75 Å². The fourth-order valence-corrected chi connectivity index (χ4v) is 1.86. The zero-order valence-electron chi connectivity index (χ0n) is 9.87. The van der Waals surface area contributed by atoms with Gasteiger partial charge in [0.15, 0.2) is 0 Å². The second-order valence-electron chi connectivity index (χ2n) is 4.15. The molecule has 0 saturated carbocycles. The number of anilines is 1. The fourth-order valence-electron chi connectivity index (χ4n) is 1.86. The summed E-state index contributed by atoms with van der Waals surface area (Å²) in [5, 5.41) is 2.87. The van der Waals surface area contributed by atoms with Crippen LogP contribution in [0, 0.1) is 0 Å². The van der Waals surface area contributed by atoms with Crippen LogP contribution < -0.4 is 10.1 Å². The lowest BCUT2D eigenvalue weighted by atomic mass is 10.0. The Morgan fingerprint density at radius 3 is 3.12 bits per heavy atom. The molecule has 1 aliphatic rings. The number of carbonyl (C=O) groups excluding carboxylic acids is 1. The lowest BCUT2D eigenvalue weighted by Crippen LogP contribution is -2.18. The minimum atomic E-state index is 0.0845. The van der Waals surface area contributed by atoms with Gasteiger partial charge in [0.1, 0.15) is 5.75 Å². The van der Waals surface area contributed by atoms with Crippen molar-refractivity contribution in [3.8, 4) is 5.75 Å². The molecule has 2 rings (SSSR count). The zero-order chi connectivity index (χ0) is 12.1. The van der Waals surface area contributed by atoms with Gasteiger partial charge in [0, 0.05) is 18.2 Å². The molecule has 0 fully saturated rings. The summed E-state index contributed by atoms with van der Waals surface area (Å²) in [5.41, 5.74) is 2.07. The van der Waals surface area contributed by atoms with Gasteiger partial charge in [-0.2, -0.15) is 0 Å². The second-order valence-corrected chi connectivity index (χ2v) is 4.15. The van der Waals surface area contributed by atoms with Crippen LogP contribution in [-0.2, 0) is 11.2 Å². The number of unbranched alkanes of at least 4 members (excludes halogenated alkanes) is 1.